The second kappa shape index (κ2) is 14.5. The van der Waals surface area contributed by atoms with Crippen molar-refractivity contribution in [1.82, 2.24) is 20.9 Å². The Bertz CT molecular complexity index is 693. The number of para-hydroxylation sites is 1. The predicted molar refractivity (Wildman–Crippen MR) is 133 cm³/mol. The third kappa shape index (κ3) is 9.61. The van der Waals surface area contributed by atoms with Gasteiger partial charge in [0.2, 0.25) is 5.91 Å². The fraction of sp³-hybridized carbons (Fsp3) is 0.636. The number of amides is 1. The number of ether oxygens (including phenoxy) is 2. The van der Waals surface area contributed by atoms with Gasteiger partial charge in [-0.25, -0.2) is 4.99 Å². The highest BCUT2D eigenvalue weighted by atomic mass is 127. The molecule has 0 unspecified atom stereocenters. The van der Waals surface area contributed by atoms with Crippen LogP contribution in [0.2, 0.25) is 0 Å². The normalized spacial score (nSPS) is 16.9. The van der Waals surface area contributed by atoms with E-state index in [1.807, 2.05) is 31.2 Å². The van der Waals surface area contributed by atoms with Crippen LogP contribution in [0.5, 0.6) is 5.75 Å². The van der Waals surface area contributed by atoms with Gasteiger partial charge in [-0.2, -0.15) is 0 Å². The molecule has 1 aromatic rings. The van der Waals surface area contributed by atoms with E-state index in [1.54, 1.807) is 0 Å². The number of benzene rings is 1. The summed E-state index contributed by atoms with van der Waals surface area (Å²) in [5.74, 6) is 2.02. The van der Waals surface area contributed by atoms with Gasteiger partial charge in [-0.1, -0.05) is 18.2 Å². The first-order valence-corrected chi connectivity index (χ1v) is 11.1. The molecular weight excluding hydrogens is 509 g/mol. The average molecular weight is 545 g/mol. The number of halogens is 1. The molecule has 1 saturated heterocycles. The molecule has 1 saturated carbocycles. The lowest BCUT2D eigenvalue weighted by Crippen LogP contribution is -2.41. The van der Waals surface area contributed by atoms with E-state index in [0.29, 0.717) is 26.2 Å². The molecule has 0 spiro atoms. The first-order chi connectivity index (χ1) is 14.8. The van der Waals surface area contributed by atoms with Gasteiger partial charge in [0.05, 0.1) is 19.8 Å². The van der Waals surface area contributed by atoms with Gasteiger partial charge in [-0.15, -0.1) is 24.0 Å². The fourth-order valence-corrected chi connectivity index (χ4v) is 3.25. The molecule has 0 bridgehead atoms. The second-order valence-electron chi connectivity index (χ2n) is 7.60. The first-order valence-electron chi connectivity index (χ1n) is 11.1. The molecule has 174 valence electrons. The van der Waals surface area contributed by atoms with E-state index in [2.05, 4.69) is 25.8 Å². The van der Waals surface area contributed by atoms with Crippen molar-refractivity contribution < 1.29 is 14.3 Å². The van der Waals surface area contributed by atoms with Crippen LogP contribution in [0.3, 0.4) is 0 Å². The van der Waals surface area contributed by atoms with Crippen LogP contribution in [0.25, 0.3) is 0 Å². The zero-order valence-electron chi connectivity index (χ0n) is 18.4. The molecule has 1 aliphatic heterocycles. The maximum absolute atomic E-state index is 11.7. The number of hydrogen-bond acceptors (Lipinski definition) is 5. The predicted octanol–water partition coefficient (Wildman–Crippen LogP) is 1.60. The Kier molecular flexibility index (Phi) is 12.0. The Balaban J connectivity index is 0.00000341. The summed E-state index contributed by atoms with van der Waals surface area (Å²) < 4.78 is 11.4. The molecule has 9 heteroatoms. The molecule has 1 aromatic carbocycles. The SMILES string of the molecule is CCNC(=NCc1ccccc1OCCN1CCOCC1)NCCNC(=O)C1CC1.I. The summed E-state index contributed by atoms with van der Waals surface area (Å²) >= 11 is 0. The molecule has 2 fully saturated rings. The standard InChI is InChI=1S/C22H35N5O3.HI/c1-2-23-22(25-10-9-24-21(28)18-7-8-18)26-17-19-5-3-4-6-20(19)30-16-13-27-11-14-29-15-12-27;/h3-6,18H,2,7-17H2,1H3,(H,24,28)(H2,23,25,26);1H. The number of aliphatic imine (C=N–C) groups is 1. The Morgan fingerprint density at radius 1 is 1.16 bits per heavy atom. The van der Waals surface area contributed by atoms with Gasteiger partial charge in [0.25, 0.3) is 0 Å². The molecule has 1 heterocycles. The molecule has 0 atom stereocenters. The Hall–Kier alpha value is -1.59. The third-order valence-corrected chi connectivity index (χ3v) is 5.16. The molecule has 8 nitrogen and oxygen atoms in total. The molecule has 0 aromatic heterocycles. The van der Waals surface area contributed by atoms with Crippen molar-refractivity contribution >= 4 is 35.8 Å². The Morgan fingerprint density at radius 2 is 1.90 bits per heavy atom. The van der Waals surface area contributed by atoms with Crippen molar-refractivity contribution in [3.63, 3.8) is 0 Å². The topological polar surface area (TPSA) is 87.2 Å². The zero-order chi connectivity index (χ0) is 21.0. The number of guanidine groups is 1. The maximum Gasteiger partial charge on any atom is 0.223 e. The van der Waals surface area contributed by atoms with Gasteiger partial charge < -0.3 is 25.4 Å². The summed E-state index contributed by atoms with van der Waals surface area (Å²) in [6.45, 7) is 9.67. The van der Waals surface area contributed by atoms with Crippen LogP contribution < -0.4 is 20.7 Å². The quantitative estimate of drug-likeness (QED) is 0.170. The molecular formula is C22H36IN5O3. The third-order valence-electron chi connectivity index (χ3n) is 5.16. The van der Waals surface area contributed by atoms with Crippen LogP contribution >= 0.6 is 24.0 Å². The largest absolute Gasteiger partial charge is 0.492 e. The monoisotopic (exact) mass is 545 g/mol. The lowest BCUT2D eigenvalue weighted by atomic mass is 10.2. The van der Waals surface area contributed by atoms with Crippen LogP contribution in [0.4, 0.5) is 0 Å². The van der Waals surface area contributed by atoms with Crippen molar-refractivity contribution in [3.05, 3.63) is 29.8 Å². The number of nitrogens with one attached hydrogen (secondary N) is 3. The van der Waals surface area contributed by atoms with E-state index in [0.717, 1.165) is 69.5 Å². The summed E-state index contributed by atoms with van der Waals surface area (Å²) in [7, 11) is 0. The van der Waals surface area contributed by atoms with E-state index in [9.17, 15) is 4.79 Å². The molecule has 31 heavy (non-hydrogen) atoms. The molecule has 2 aliphatic rings. The van der Waals surface area contributed by atoms with Gasteiger partial charge in [0, 0.05) is 50.7 Å². The number of carbonyl (C=O) groups excluding carboxylic acids is 1. The molecule has 3 rings (SSSR count). The Morgan fingerprint density at radius 3 is 2.65 bits per heavy atom. The number of carbonyl (C=O) groups is 1. The van der Waals surface area contributed by atoms with Crippen LogP contribution in [0, 0.1) is 5.92 Å². The smallest absolute Gasteiger partial charge is 0.223 e. The minimum Gasteiger partial charge on any atom is -0.492 e. The fourth-order valence-electron chi connectivity index (χ4n) is 3.25. The highest BCUT2D eigenvalue weighted by Crippen LogP contribution is 2.28. The van der Waals surface area contributed by atoms with Crippen molar-refractivity contribution in [2.75, 3.05) is 59.1 Å². The zero-order valence-corrected chi connectivity index (χ0v) is 20.7. The van der Waals surface area contributed by atoms with Crippen LogP contribution in [-0.4, -0.2) is 75.9 Å². The highest BCUT2D eigenvalue weighted by molar-refractivity contribution is 14.0. The van der Waals surface area contributed by atoms with Crippen molar-refractivity contribution in [2.24, 2.45) is 10.9 Å². The van der Waals surface area contributed by atoms with Gasteiger partial charge in [-0.05, 0) is 25.8 Å². The van der Waals surface area contributed by atoms with Crippen LogP contribution in [0.1, 0.15) is 25.3 Å². The van der Waals surface area contributed by atoms with Gasteiger partial charge in [-0.3, -0.25) is 9.69 Å². The lowest BCUT2D eigenvalue weighted by Gasteiger charge is -2.26. The van der Waals surface area contributed by atoms with E-state index in [-0.39, 0.29) is 35.8 Å². The second-order valence-corrected chi connectivity index (χ2v) is 7.60. The summed E-state index contributed by atoms with van der Waals surface area (Å²) in [6, 6.07) is 8.04. The maximum atomic E-state index is 11.7. The van der Waals surface area contributed by atoms with Crippen LogP contribution in [-0.2, 0) is 16.1 Å². The summed E-state index contributed by atoms with van der Waals surface area (Å²) in [4.78, 5) is 18.7. The van der Waals surface area contributed by atoms with Crippen molar-refractivity contribution in [3.8, 4) is 5.75 Å². The average Bonchev–Trinajstić information content (AvgIpc) is 3.62. The summed E-state index contributed by atoms with van der Waals surface area (Å²) in [6.07, 6.45) is 2.05. The van der Waals surface area contributed by atoms with E-state index < -0.39 is 0 Å². The number of morpholine rings is 1. The number of rotatable bonds is 11. The van der Waals surface area contributed by atoms with Gasteiger partial charge >= 0.3 is 0 Å². The van der Waals surface area contributed by atoms with E-state index in [4.69, 9.17) is 9.47 Å². The lowest BCUT2D eigenvalue weighted by molar-refractivity contribution is -0.122. The van der Waals surface area contributed by atoms with Crippen molar-refractivity contribution in [1.29, 1.82) is 0 Å². The summed E-state index contributed by atoms with van der Waals surface area (Å²) in [5, 5.41) is 9.48. The van der Waals surface area contributed by atoms with E-state index >= 15 is 0 Å². The van der Waals surface area contributed by atoms with Crippen molar-refractivity contribution in [2.45, 2.75) is 26.3 Å². The molecule has 0 radical (unpaired) electrons. The minimum atomic E-state index is 0. The number of hydrogen-bond donors (Lipinski definition) is 3. The first kappa shape index (κ1) is 25.7. The molecule has 1 amide bonds. The Labute approximate surface area is 202 Å². The van der Waals surface area contributed by atoms with Crippen LogP contribution in [0.15, 0.2) is 29.3 Å². The van der Waals surface area contributed by atoms with Gasteiger partial charge in [0.1, 0.15) is 12.4 Å². The molecule has 3 N–H and O–H groups in total. The molecule has 1 aliphatic carbocycles. The summed E-state index contributed by atoms with van der Waals surface area (Å²) in [5.41, 5.74) is 1.05. The highest BCUT2D eigenvalue weighted by Gasteiger charge is 2.28. The minimum absolute atomic E-state index is 0. The van der Waals surface area contributed by atoms with E-state index in [1.165, 1.54) is 0 Å². The van der Waals surface area contributed by atoms with Gasteiger partial charge in [0.15, 0.2) is 5.96 Å². The number of nitrogens with zero attached hydrogens (tertiary/aromatic N) is 2.